The number of carbonyl (C=O) groups excluding carboxylic acids is 2. The summed E-state index contributed by atoms with van der Waals surface area (Å²) in [6, 6.07) is 8.51. The topological polar surface area (TPSA) is 82.1 Å². The van der Waals surface area contributed by atoms with Crippen molar-refractivity contribution in [3.8, 4) is 0 Å². The highest BCUT2D eigenvalue weighted by Crippen LogP contribution is 2.49. The summed E-state index contributed by atoms with van der Waals surface area (Å²) < 4.78 is 28.4. The molecule has 1 aliphatic rings. The van der Waals surface area contributed by atoms with Gasteiger partial charge in [-0.05, 0) is 33.3 Å². The number of benzene rings is 1. The smallest absolute Gasteiger partial charge is 0.417 e. The summed E-state index contributed by atoms with van der Waals surface area (Å²) in [5, 5.41) is 0. The predicted molar refractivity (Wildman–Crippen MR) is 92.3 cm³/mol. The number of imide groups is 1. The molecule has 1 heterocycles. The van der Waals surface area contributed by atoms with E-state index < -0.39 is 37.4 Å². The van der Waals surface area contributed by atoms with Gasteiger partial charge in [-0.25, -0.2) is 9.69 Å². The van der Waals surface area contributed by atoms with Crippen molar-refractivity contribution in [3.63, 3.8) is 0 Å². The number of rotatable bonds is 7. The summed E-state index contributed by atoms with van der Waals surface area (Å²) in [6.45, 7) is 7.08. The standard InChI is InChI=1S/C17H24NO6P/c1-5-22-25(21,23-6-2)12-14(19)18-15(13-10-8-7-9-11-13)17(3,4)24-16(18)20/h7-11,15H,5-6,12H2,1-4H3/t15-/m1/s1. The van der Waals surface area contributed by atoms with Crippen LogP contribution in [0.15, 0.2) is 30.3 Å². The molecule has 2 amide bonds. The van der Waals surface area contributed by atoms with Gasteiger partial charge >= 0.3 is 13.7 Å². The molecule has 1 fully saturated rings. The van der Waals surface area contributed by atoms with Gasteiger partial charge in [-0.2, -0.15) is 0 Å². The predicted octanol–water partition coefficient (Wildman–Crippen LogP) is 3.75. The van der Waals surface area contributed by atoms with E-state index in [2.05, 4.69) is 0 Å². The number of ether oxygens (including phenoxy) is 1. The van der Waals surface area contributed by atoms with Crippen LogP contribution in [0.1, 0.15) is 39.3 Å². The van der Waals surface area contributed by atoms with Crippen LogP contribution in [0.5, 0.6) is 0 Å². The quantitative estimate of drug-likeness (QED) is 0.681. The second-order valence-electron chi connectivity index (χ2n) is 6.15. The van der Waals surface area contributed by atoms with Gasteiger partial charge < -0.3 is 13.8 Å². The van der Waals surface area contributed by atoms with Crippen molar-refractivity contribution in [2.24, 2.45) is 0 Å². The van der Waals surface area contributed by atoms with E-state index in [1.807, 2.05) is 30.3 Å². The zero-order valence-corrected chi connectivity index (χ0v) is 15.8. The minimum atomic E-state index is -3.61. The Hall–Kier alpha value is -1.69. The molecular formula is C17H24NO6P. The summed E-state index contributed by atoms with van der Waals surface area (Å²) in [6.07, 6.45) is -1.27. The molecule has 25 heavy (non-hydrogen) atoms. The first-order chi connectivity index (χ1) is 11.7. The van der Waals surface area contributed by atoms with Crippen LogP contribution in [0.4, 0.5) is 4.79 Å². The van der Waals surface area contributed by atoms with Crippen molar-refractivity contribution in [2.45, 2.75) is 39.3 Å². The minimum absolute atomic E-state index is 0.141. The molecular weight excluding hydrogens is 345 g/mol. The molecule has 1 aliphatic heterocycles. The average molecular weight is 369 g/mol. The summed E-state index contributed by atoms with van der Waals surface area (Å²) in [5.74, 6) is -0.644. The first-order valence-corrected chi connectivity index (χ1v) is 9.95. The van der Waals surface area contributed by atoms with E-state index in [0.29, 0.717) is 0 Å². The van der Waals surface area contributed by atoms with Gasteiger partial charge in [0.1, 0.15) is 17.8 Å². The Kier molecular flexibility index (Phi) is 6.03. The number of hydrogen-bond donors (Lipinski definition) is 0. The first kappa shape index (κ1) is 19.6. The van der Waals surface area contributed by atoms with Gasteiger partial charge in [-0.1, -0.05) is 30.3 Å². The van der Waals surface area contributed by atoms with Crippen LogP contribution in [0.25, 0.3) is 0 Å². The SMILES string of the molecule is CCOP(=O)(CC(=O)N1C(=O)OC(C)(C)[C@H]1c1ccccc1)OCC. The third-order valence-corrected chi connectivity index (χ3v) is 5.79. The van der Waals surface area contributed by atoms with E-state index in [0.717, 1.165) is 10.5 Å². The van der Waals surface area contributed by atoms with Crippen LogP contribution in [-0.4, -0.2) is 41.9 Å². The first-order valence-electron chi connectivity index (χ1n) is 8.22. The second kappa shape index (κ2) is 7.68. The fourth-order valence-electron chi connectivity index (χ4n) is 2.94. The van der Waals surface area contributed by atoms with E-state index >= 15 is 0 Å². The van der Waals surface area contributed by atoms with Crippen LogP contribution < -0.4 is 0 Å². The van der Waals surface area contributed by atoms with Gasteiger partial charge in [0.25, 0.3) is 0 Å². The Bertz CT molecular complexity index is 665. The van der Waals surface area contributed by atoms with Crippen molar-refractivity contribution in [1.82, 2.24) is 4.90 Å². The zero-order valence-electron chi connectivity index (χ0n) is 14.9. The van der Waals surface area contributed by atoms with E-state index in [-0.39, 0.29) is 13.2 Å². The molecule has 0 saturated carbocycles. The largest absolute Gasteiger partial charge is 0.440 e. The molecule has 0 spiro atoms. The lowest BCUT2D eigenvalue weighted by Gasteiger charge is -2.28. The number of cyclic esters (lactones) is 1. The van der Waals surface area contributed by atoms with Crippen molar-refractivity contribution in [2.75, 3.05) is 19.4 Å². The van der Waals surface area contributed by atoms with Gasteiger partial charge in [0.15, 0.2) is 0 Å². The molecule has 2 rings (SSSR count). The zero-order chi connectivity index (χ0) is 18.7. The third-order valence-electron chi connectivity index (χ3n) is 3.83. The lowest BCUT2D eigenvalue weighted by atomic mass is 9.91. The van der Waals surface area contributed by atoms with Gasteiger partial charge in [-0.3, -0.25) is 9.36 Å². The Morgan fingerprint density at radius 1 is 1.20 bits per heavy atom. The molecule has 0 bridgehead atoms. The van der Waals surface area contributed by atoms with Crippen LogP contribution in [0.3, 0.4) is 0 Å². The fourth-order valence-corrected chi connectivity index (χ4v) is 4.47. The Morgan fingerprint density at radius 3 is 2.28 bits per heavy atom. The van der Waals surface area contributed by atoms with E-state index in [1.54, 1.807) is 27.7 Å². The maximum Gasteiger partial charge on any atom is 0.417 e. The number of hydrogen-bond acceptors (Lipinski definition) is 6. The van der Waals surface area contributed by atoms with E-state index in [9.17, 15) is 14.2 Å². The Balaban J connectivity index is 2.32. The van der Waals surface area contributed by atoms with Gasteiger partial charge in [0, 0.05) is 0 Å². The normalized spacial score (nSPS) is 19.8. The Labute approximate surface area is 147 Å². The fraction of sp³-hybridized carbons (Fsp3) is 0.529. The summed E-state index contributed by atoms with van der Waals surface area (Å²) in [7, 11) is -3.61. The van der Waals surface area contributed by atoms with Crippen LogP contribution in [-0.2, 0) is 23.1 Å². The number of nitrogens with zero attached hydrogens (tertiary/aromatic N) is 1. The highest BCUT2D eigenvalue weighted by atomic mass is 31.2. The van der Waals surface area contributed by atoms with E-state index in [1.165, 1.54) is 0 Å². The highest BCUT2D eigenvalue weighted by molar-refractivity contribution is 7.54. The van der Waals surface area contributed by atoms with Crippen LogP contribution >= 0.6 is 7.60 Å². The van der Waals surface area contributed by atoms with Crippen molar-refractivity contribution in [1.29, 1.82) is 0 Å². The third kappa shape index (κ3) is 4.29. The van der Waals surface area contributed by atoms with Gasteiger partial charge in [0.2, 0.25) is 5.91 Å². The molecule has 1 atom stereocenters. The molecule has 1 aromatic rings. The van der Waals surface area contributed by atoms with Crippen molar-refractivity contribution >= 4 is 19.6 Å². The maximum absolute atomic E-state index is 12.8. The molecule has 7 nitrogen and oxygen atoms in total. The number of amides is 2. The minimum Gasteiger partial charge on any atom is -0.440 e. The molecule has 8 heteroatoms. The van der Waals surface area contributed by atoms with Gasteiger partial charge in [0.05, 0.1) is 13.2 Å². The Morgan fingerprint density at radius 2 is 1.76 bits per heavy atom. The number of carbonyl (C=O) groups is 2. The lowest BCUT2D eigenvalue weighted by Crippen LogP contribution is -2.39. The summed E-state index contributed by atoms with van der Waals surface area (Å²) >= 11 is 0. The highest BCUT2D eigenvalue weighted by Gasteiger charge is 2.52. The molecule has 0 unspecified atom stereocenters. The van der Waals surface area contributed by atoms with Gasteiger partial charge in [-0.15, -0.1) is 0 Å². The molecule has 0 aliphatic carbocycles. The van der Waals surface area contributed by atoms with Crippen LogP contribution in [0.2, 0.25) is 0 Å². The van der Waals surface area contributed by atoms with E-state index in [4.69, 9.17) is 13.8 Å². The molecule has 0 aromatic heterocycles. The monoisotopic (exact) mass is 369 g/mol. The average Bonchev–Trinajstić information content (AvgIpc) is 2.77. The van der Waals surface area contributed by atoms with Crippen molar-refractivity contribution < 1.29 is 27.9 Å². The summed E-state index contributed by atoms with van der Waals surface area (Å²) in [4.78, 5) is 26.1. The summed E-state index contributed by atoms with van der Waals surface area (Å²) in [5.41, 5.74) is -0.149. The van der Waals surface area contributed by atoms with Crippen LogP contribution in [0, 0.1) is 0 Å². The lowest BCUT2D eigenvalue weighted by molar-refractivity contribution is -0.127. The van der Waals surface area contributed by atoms with Crippen molar-refractivity contribution in [3.05, 3.63) is 35.9 Å². The molecule has 1 aromatic carbocycles. The maximum atomic E-state index is 12.8. The molecule has 0 radical (unpaired) electrons. The molecule has 138 valence electrons. The molecule has 1 saturated heterocycles. The second-order valence-corrected chi connectivity index (χ2v) is 8.21. The molecule has 0 N–H and O–H groups in total.